The number of rotatable bonds is 3. The zero-order valence-corrected chi connectivity index (χ0v) is 15.7. The average molecular weight is 369 g/mol. The number of aromatic nitrogens is 1. The summed E-state index contributed by atoms with van der Waals surface area (Å²) in [6, 6.07) is 10.2. The van der Waals surface area contributed by atoms with Crippen molar-refractivity contribution in [2.75, 3.05) is 13.1 Å². The molecular formula is C20H23N3O2S. The molecule has 1 N–H and O–H groups in total. The molecule has 0 bridgehead atoms. The van der Waals surface area contributed by atoms with Crippen molar-refractivity contribution in [1.29, 1.82) is 0 Å². The molecule has 2 amide bonds. The summed E-state index contributed by atoms with van der Waals surface area (Å²) in [6.07, 6.45) is 2.78. The number of likely N-dealkylation sites (tertiary alicyclic amines) is 1. The molecule has 2 saturated heterocycles. The molecule has 2 aliphatic rings. The zero-order chi connectivity index (χ0) is 18.1. The summed E-state index contributed by atoms with van der Waals surface area (Å²) in [4.78, 5) is 30.9. The smallest absolute Gasteiger partial charge is 0.245 e. The lowest BCUT2D eigenvalue weighted by atomic mass is 9.70. The van der Waals surface area contributed by atoms with Crippen LogP contribution in [0.5, 0.6) is 0 Å². The van der Waals surface area contributed by atoms with E-state index < -0.39 is 0 Å². The molecule has 0 aliphatic carbocycles. The van der Waals surface area contributed by atoms with Crippen LogP contribution in [0.3, 0.4) is 0 Å². The maximum Gasteiger partial charge on any atom is 0.245 e. The van der Waals surface area contributed by atoms with E-state index in [-0.39, 0.29) is 23.3 Å². The third-order valence-electron chi connectivity index (χ3n) is 5.66. The van der Waals surface area contributed by atoms with E-state index in [2.05, 4.69) is 35.0 Å². The van der Waals surface area contributed by atoms with Gasteiger partial charge < -0.3 is 10.2 Å². The van der Waals surface area contributed by atoms with Gasteiger partial charge in [-0.05, 0) is 31.7 Å². The van der Waals surface area contributed by atoms with Crippen molar-refractivity contribution in [3.8, 4) is 0 Å². The second-order valence-electron chi connectivity index (χ2n) is 7.18. The lowest BCUT2D eigenvalue weighted by Crippen LogP contribution is -2.51. The molecule has 26 heavy (non-hydrogen) atoms. The molecule has 2 aromatic rings. The van der Waals surface area contributed by atoms with Gasteiger partial charge in [0.25, 0.3) is 0 Å². The number of hydrogen-bond acceptors (Lipinski definition) is 4. The van der Waals surface area contributed by atoms with Gasteiger partial charge in [-0.3, -0.25) is 9.59 Å². The minimum absolute atomic E-state index is 0.0167. The fourth-order valence-electron chi connectivity index (χ4n) is 4.16. The predicted molar refractivity (Wildman–Crippen MR) is 101 cm³/mol. The van der Waals surface area contributed by atoms with Crippen molar-refractivity contribution >= 4 is 23.2 Å². The van der Waals surface area contributed by atoms with Crippen LogP contribution < -0.4 is 5.32 Å². The third kappa shape index (κ3) is 3.03. The highest BCUT2D eigenvalue weighted by atomic mass is 32.1. The number of carbonyl (C=O) groups is 2. The van der Waals surface area contributed by atoms with Crippen molar-refractivity contribution in [2.24, 2.45) is 0 Å². The van der Waals surface area contributed by atoms with Gasteiger partial charge in [-0.2, -0.15) is 0 Å². The summed E-state index contributed by atoms with van der Waals surface area (Å²) < 4.78 is 0. The van der Waals surface area contributed by atoms with E-state index in [1.807, 2.05) is 17.9 Å². The molecule has 2 aliphatic heterocycles. The monoisotopic (exact) mass is 369 g/mol. The Morgan fingerprint density at radius 2 is 2.00 bits per heavy atom. The Bertz CT molecular complexity index is 809. The van der Waals surface area contributed by atoms with Gasteiger partial charge >= 0.3 is 0 Å². The SMILES string of the molecule is Cc1nc(C2(c3ccccc3)CCN(C(=O)C3CCC(=O)N3)CC2)cs1. The number of nitrogens with zero attached hydrogens (tertiary/aromatic N) is 2. The molecule has 1 aromatic carbocycles. The van der Waals surface area contributed by atoms with E-state index in [4.69, 9.17) is 4.98 Å². The lowest BCUT2D eigenvalue weighted by Gasteiger charge is -2.42. The Balaban J connectivity index is 1.57. The fraction of sp³-hybridized carbons (Fsp3) is 0.450. The van der Waals surface area contributed by atoms with Gasteiger partial charge in [0.15, 0.2) is 0 Å². The van der Waals surface area contributed by atoms with Crippen molar-refractivity contribution in [1.82, 2.24) is 15.2 Å². The van der Waals surface area contributed by atoms with Crippen molar-refractivity contribution in [3.63, 3.8) is 0 Å². The van der Waals surface area contributed by atoms with E-state index in [1.54, 1.807) is 11.3 Å². The highest BCUT2D eigenvalue weighted by Gasteiger charge is 2.42. The Morgan fingerprint density at radius 1 is 1.27 bits per heavy atom. The first-order chi connectivity index (χ1) is 12.6. The van der Waals surface area contributed by atoms with Crippen LogP contribution in [0.15, 0.2) is 35.7 Å². The first-order valence-electron chi connectivity index (χ1n) is 9.15. The van der Waals surface area contributed by atoms with Gasteiger partial charge in [-0.15, -0.1) is 11.3 Å². The zero-order valence-electron chi connectivity index (χ0n) is 14.9. The predicted octanol–water partition coefficient (Wildman–Crippen LogP) is 2.64. The van der Waals surface area contributed by atoms with E-state index >= 15 is 0 Å². The Kier molecular flexibility index (Phi) is 4.53. The van der Waals surface area contributed by atoms with Crippen LogP contribution in [0, 0.1) is 6.92 Å². The summed E-state index contributed by atoms with van der Waals surface area (Å²) in [7, 11) is 0. The number of hydrogen-bond donors (Lipinski definition) is 1. The molecule has 1 atom stereocenters. The highest BCUT2D eigenvalue weighted by Crippen LogP contribution is 2.42. The number of thiazole rings is 1. The molecular weight excluding hydrogens is 346 g/mol. The van der Waals surface area contributed by atoms with Gasteiger partial charge in [-0.1, -0.05) is 30.3 Å². The molecule has 0 radical (unpaired) electrons. The number of benzene rings is 1. The van der Waals surface area contributed by atoms with Gasteiger partial charge in [0.1, 0.15) is 6.04 Å². The van der Waals surface area contributed by atoms with E-state index in [9.17, 15) is 9.59 Å². The standard InChI is InChI=1S/C20H23N3O2S/c1-14-21-17(13-26-14)20(15-5-3-2-4-6-15)9-11-23(12-10-20)19(25)16-7-8-18(24)22-16/h2-6,13,16H,7-12H2,1H3,(H,22,24). The normalized spacial score (nSPS) is 22.3. The van der Waals surface area contributed by atoms with Crippen LogP contribution in [-0.4, -0.2) is 40.8 Å². The molecule has 1 aromatic heterocycles. The van der Waals surface area contributed by atoms with Crippen molar-refractivity contribution in [2.45, 2.75) is 44.1 Å². The Morgan fingerprint density at radius 3 is 2.58 bits per heavy atom. The minimum Gasteiger partial charge on any atom is -0.344 e. The second kappa shape index (κ2) is 6.83. The maximum atomic E-state index is 12.7. The third-order valence-corrected chi connectivity index (χ3v) is 6.43. The van der Waals surface area contributed by atoms with E-state index in [0.717, 1.165) is 23.5 Å². The van der Waals surface area contributed by atoms with E-state index in [1.165, 1.54) is 5.56 Å². The lowest BCUT2D eigenvalue weighted by molar-refractivity contribution is -0.135. The number of nitrogens with one attached hydrogen (secondary N) is 1. The van der Waals surface area contributed by atoms with Gasteiger partial charge in [0.05, 0.1) is 10.7 Å². The van der Waals surface area contributed by atoms with Gasteiger partial charge in [0, 0.05) is 30.3 Å². The Labute approximate surface area is 157 Å². The number of amides is 2. The number of carbonyl (C=O) groups excluding carboxylic acids is 2. The average Bonchev–Trinajstić information content (AvgIpc) is 3.31. The van der Waals surface area contributed by atoms with E-state index in [0.29, 0.717) is 25.9 Å². The molecule has 0 saturated carbocycles. The molecule has 4 rings (SSSR count). The van der Waals surface area contributed by atoms with Crippen molar-refractivity contribution < 1.29 is 9.59 Å². The largest absolute Gasteiger partial charge is 0.344 e. The number of piperidine rings is 1. The fourth-order valence-corrected chi connectivity index (χ4v) is 4.87. The summed E-state index contributed by atoms with van der Waals surface area (Å²) in [5.41, 5.74) is 2.25. The van der Waals surface area contributed by atoms with Crippen molar-refractivity contribution in [3.05, 3.63) is 52.0 Å². The highest BCUT2D eigenvalue weighted by molar-refractivity contribution is 7.09. The molecule has 136 valence electrons. The maximum absolute atomic E-state index is 12.7. The summed E-state index contributed by atoms with van der Waals surface area (Å²) >= 11 is 1.68. The first-order valence-corrected chi connectivity index (χ1v) is 10.0. The van der Waals surface area contributed by atoms with Gasteiger partial charge in [0.2, 0.25) is 11.8 Å². The topological polar surface area (TPSA) is 62.3 Å². The summed E-state index contributed by atoms with van der Waals surface area (Å²) in [5, 5.41) is 6.03. The first kappa shape index (κ1) is 17.2. The molecule has 1 unspecified atom stereocenters. The van der Waals surface area contributed by atoms with Crippen LogP contribution in [0.4, 0.5) is 0 Å². The molecule has 5 nitrogen and oxygen atoms in total. The van der Waals surface area contributed by atoms with Crippen LogP contribution >= 0.6 is 11.3 Å². The second-order valence-corrected chi connectivity index (χ2v) is 8.25. The molecule has 0 spiro atoms. The van der Waals surface area contributed by atoms with Crippen LogP contribution in [0.2, 0.25) is 0 Å². The van der Waals surface area contributed by atoms with Gasteiger partial charge in [-0.25, -0.2) is 4.98 Å². The van der Waals surface area contributed by atoms with Crippen LogP contribution in [0.25, 0.3) is 0 Å². The molecule has 2 fully saturated rings. The minimum atomic E-state index is -0.340. The molecule has 3 heterocycles. The molecule has 6 heteroatoms. The summed E-state index contributed by atoms with van der Waals surface area (Å²) in [6.45, 7) is 3.42. The quantitative estimate of drug-likeness (QED) is 0.905. The summed E-state index contributed by atoms with van der Waals surface area (Å²) in [5.74, 6) is 0.0453. The van der Waals surface area contributed by atoms with Crippen LogP contribution in [-0.2, 0) is 15.0 Å². The van der Waals surface area contributed by atoms with Crippen LogP contribution in [0.1, 0.15) is 41.9 Å². The Hall–Kier alpha value is -2.21. The number of aryl methyl sites for hydroxylation is 1.